The van der Waals surface area contributed by atoms with Crippen LogP contribution in [0.3, 0.4) is 0 Å². The van der Waals surface area contributed by atoms with Gasteiger partial charge in [-0.15, -0.1) is 0 Å². The fraction of sp³-hybridized carbons (Fsp3) is 0.273. The summed E-state index contributed by atoms with van der Waals surface area (Å²) in [5.41, 5.74) is 3.81. The highest BCUT2D eigenvalue weighted by Gasteiger charge is 2.30. The third-order valence-corrected chi connectivity index (χ3v) is 5.14. The number of aryl methyl sites for hydroxylation is 2. The smallest absolute Gasteiger partial charge is 0.163 e. The average molecular weight is 352 g/mol. The van der Waals surface area contributed by atoms with E-state index in [1.165, 1.54) is 17.2 Å². The van der Waals surface area contributed by atoms with E-state index in [1.54, 1.807) is 12.1 Å². The molecule has 1 aliphatic heterocycles. The number of halogens is 2. The molecule has 0 radical (unpaired) electrons. The summed E-state index contributed by atoms with van der Waals surface area (Å²) in [6.07, 6.45) is 3.00. The third-order valence-electron chi connectivity index (χ3n) is 5.14. The number of hydrogen-bond donors (Lipinski definition) is 0. The molecule has 0 aliphatic carbocycles. The molecule has 1 aromatic heterocycles. The van der Waals surface area contributed by atoms with Gasteiger partial charge in [0.15, 0.2) is 11.6 Å². The van der Waals surface area contributed by atoms with E-state index in [0.717, 1.165) is 25.2 Å². The zero-order valence-electron chi connectivity index (χ0n) is 14.8. The first-order valence-corrected chi connectivity index (χ1v) is 9.02. The molecule has 0 bridgehead atoms. The van der Waals surface area contributed by atoms with E-state index in [2.05, 4.69) is 40.7 Å². The Hall–Kier alpha value is -2.46. The highest BCUT2D eigenvalue weighted by Crippen LogP contribution is 2.34. The molecule has 0 unspecified atom stereocenters. The van der Waals surface area contributed by atoms with Gasteiger partial charge in [0.1, 0.15) is 0 Å². The standard InChI is InChI=1S/C22H22F2N2/c1-16-8-10-17(11-9-16)15-26-14-4-13-25-12-3-7-20(25)22(26)18-5-2-6-19(23)21(18)24/h2-3,5-12,22H,4,13-15H2,1H3/t22-/m1/s1. The summed E-state index contributed by atoms with van der Waals surface area (Å²) in [4.78, 5) is 2.25. The highest BCUT2D eigenvalue weighted by atomic mass is 19.2. The van der Waals surface area contributed by atoms with Crippen LogP contribution in [0.4, 0.5) is 8.78 Å². The fourth-order valence-electron chi connectivity index (χ4n) is 3.83. The Morgan fingerprint density at radius 3 is 2.58 bits per heavy atom. The zero-order valence-corrected chi connectivity index (χ0v) is 14.8. The molecule has 1 aliphatic rings. The molecule has 3 aromatic rings. The van der Waals surface area contributed by atoms with Crippen LogP contribution in [0.1, 0.15) is 34.8 Å². The van der Waals surface area contributed by atoms with Gasteiger partial charge in [0.2, 0.25) is 0 Å². The lowest BCUT2D eigenvalue weighted by molar-refractivity contribution is 0.215. The number of aromatic nitrogens is 1. The van der Waals surface area contributed by atoms with Crippen molar-refractivity contribution in [3.63, 3.8) is 0 Å². The molecule has 2 heterocycles. The third kappa shape index (κ3) is 3.17. The van der Waals surface area contributed by atoms with E-state index in [9.17, 15) is 8.78 Å². The maximum absolute atomic E-state index is 14.7. The lowest BCUT2D eigenvalue weighted by Crippen LogP contribution is -2.30. The molecule has 0 saturated heterocycles. The lowest BCUT2D eigenvalue weighted by Gasteiger charge is -2.31. The van der Waals surface area contributed by atoms with E-state index >= 15 is 0 Å². The van der Waals surface area contributed by atoms with Crippen LogP contribution >= 0.6 is 0 Å². The Bertz CT molecular complexity index is 899. The van der Waals surface area contributed by atoms with Gasteiger partial charge in [0, 0.05) is 37.1 Å². The summed E-state index contributed by atoms with van der Waals surface area (Å²) in [5.74, 6) is -1.54. The largest absolute Gasteiger partial charge is 0.350 e. The summed E-state index contributed by atoms with van der Waals surface area (Å²) in [5, 5.41) is 0. The van der Waals surface area contributed by atoms with E-state index in [1.807, 2.05) is 18.3 Å². The second-order valence-electron chi connectivity index (χ2n) is 6.98. The second kappa shape index (κ2) is 7.04. The summed E-state index contributed by atoms with van der Waals surface area (Å²) >= 11 is 0. The van der Waals surface area contributed by atoms with Crippen LogP contribution in [0, 0.1) is 18.6 Å². The molecule has 134 valence electrons. The van der Waals surface area contributed by atoms with E-state index in [-0.39, 0.29) is 6.04 Å². The van der Waals surface area contributed by atoms with E-state index < -0.39 is 11.6 Å². The van der Waals surface area contributed by atoms with Gasteiger partial charge in [-0.3, -0.25) is 4.90 Å². The predicted molar refractivity (Wildman–Crippen MR) is 98.8 cm³/mol. The SMILES string of the molecule is Cc1ccc(CN2CCCn3cccc3[C@H]2c2cccc(F)c2F)cc1. The number of hydrogen-bond acceptors (Lipinski definition) is 1. The van der Waals surface area contributed by atoms with Gasteiger partial charge in [-0.1, -0.05) is 42.0 Å². The molecule has 1 atom stereocenters. The Labute approximate surface area is 152 Å². The zero-order chi connectivity index (χ0) is 18.1. The van der Waals surface area contributed by atoms with Crippen molar-refractivity contribution in [2.75, 3.05) is 6.54 Å². The van der Waals surface area contributed by atoms with Crippen molar-refractivity contribution in [2.24, 2.45) is 0 Å². The number of benzene rings is 2. The molecule has 0 fully saturated rings. The van der Waals surface area contributed by atoms with Gasteiger partial charge in [-0.25, -0.2) is 8.78 Å². The van der Waals surface area contributed by atoms with Crippen LogP contribution in [0.15, 0.2) is 60.8 Å². The van der Waals surface area contributed by atoms with Gasteiger partial charge >= 0.3 is 0 Å². The number of nitrogens with zero attached hydrogens (tertiary/aromatic N) is 2. The Morgan fingerprint density at radius 1 is 0.962 bits per heavy atom. The molecule has 2 aromatic carbocycles. The normalized spacial score (nSPS) is 17.7. The van der Waals surface area contributed by atoms with Gasteiger partial charge in [-0.2, -0.15) is 0 Å². The van der Waals surface area contributed by atoms with Crippen LogP contribution < -0.4 is 0 Å². The van der Waals surface area contributed by atoms with Gasteiger partial charge in [0.25, 0.3) is 0 Å². The molecule has 0 saturated carbocycles. The van der Waals surface area contributed by atoms with Crippen molar-refractivity contribution in [1.82, 2.24) is 9.47 Å². The minimum atomic E-state index is -0.792. The minimum absolute atomic E-state index is 0.301. The molecular weight excluding hydrogens is 330 g/mol. The van der Waals surface area contributed by atoms with Crippen molar-refractivity contribution in [3.8, 4) is 0 Å². The van der Waals surface area contributed by atoms with Crippen LogP contribution in [-0.4, -0.2) is 16.0 Å². The van der Waals surface area contributed by atoms with Crippen molar-refractivity contribution in [1.29, 1.82) is 0 Å². The Kier molecular flexibility index (Phi) is 4.60. The minimum Gasteiger partial charge on any atom is -0.350 e. The van der Waals surface area contributed by atoms with Crippen molar-refractivity contribution < 1.29 is 8.78 Å². The Balaban J connectivity index is 1.78. The van der Waals surface area contributed by atoms with Crippen LogP contribution in [-0.2, 0) is 13.1 Å². The molecule has 26 heavy (non-hydrogen) atoms. The predicted octanol–water partition coefficient (Wildman–Crippen LogP) is 5.07. The van der Waals surface area contributed by atoms with Gasteiger partial charge < -0.3 is 4.57 Å². The van der Waals surface area contributed by atoms with Crippen LogP contribution in [0.5, 0.6) is 0 Å². The van der Waals surface area contributed by atoms with Gasteiger partial charge in [0.05, 0.1) is 6.04 Å². The molecule has 0 amide bonds. The molecular formula is C22H22F2N2. The highest BCUT2D eigenvalue weighted by molar-refractivity contribution is 5.32. The summed E-state index contributed by atoms with van der Waals surface area (Å²) < 4.78 is 30.8. The summed E-state index contributed by atoms with van der Waals surface area (Å²) in [6, 6.07) is 16.6. The molecule has 2 nitrogen and oxygen atoms in total. The number of fused-ring (bicyclic) bond motifs is 1. The second-order valence-corrected chi connectivity index (χ2v) is 6.98. The maximum Gasteiger partial charge on any atom is 0.163 e. The van der Waals surface area contributed by atoms with Crippen molar-refractivity contribution in [3.05, 3.63) is 94.8 Å². The van der Waals surface area contributed by atoms with E-state index in [0.29, 0.717) is 12.1 Å². The summed E-state index contributed by atoms with van der Waals surface area (Å²) in [6.45, 7) is 4.48. The van der Waals surface area contributed by atoms with Crippen molar-refractivity contribution in [2.45, 2.75) is 32.5 Å². The molecule has 0 N–H and O–H groups in total. The topological polar surface area (TPSA) is 8.17 Å². The first-order valence-electron chi connectivity index (χ1n) is 9.02. The van der Waals surface area contributed by atoms with Crippen molar-refractivity contribution >= 4 is 0 Å². The first-order chi connectivity index (χ1) is 12.6. The Morgan fingerprint density at radius 2 is 1.77 bits per heavy atom. The van der Waals surface area contributed by atoms with Gasteiger partial charge in [-0.05, 0) is 37.1 Å². The van der Waals surface area contributed by atoms with Crippen LogP contribution in [0.2, 0.25) is 0 Å². The quantitative estimate of drug-likeness (QED) is 0.639. The fourth-order valence-corrected chi connectivity index (χ4v) is 3.83. The maximum atomic E-state index is 14.7. The summed E-state index contributed by atoms with van der Waals surface area (Å²) in [7, 11) is 0. The molecule has 4 rings (SSSR count). The average Bonchev–Trinajstić information content (AvgIpc) is 3.02. The number of rotatable bonds is 3. The van der Waals surface area contributed by atoms with E-state index in [4.69, 9.17) is 0 Å². The first kappa shape index (κ1) is 17.0. The monoisotopic (exact) mass is 352 g/mol. The molecule has 0 spiro atoms. The molecule has 4 heteroatoms. The lowest BCUT2D eigenvalue weighted by atomic mass is 10.00. The van der Waals surface area contributed by atoms with Crippen LogP contribution in [0.25, 0.3) is 0 Å².